The number of aromatic nitrogens is 3. The first kappa shape index (κ1) is 25.2. The summed E-state index contributed by atoms with van der Waals surface area (Å²) < 4.78 is 34.6. The number of benzene rings is 2. The fourth-order valence-electron chi connectivity index (χ4n) is 4.34. The largest absolute Gasteiger partial charge is 0.467 e. The summed E-state index contributed by atoms with van der Waals surface area (Å²) in [5, 5.41) is 8.90. The number of amides is 1. The lowest BCUT2D eigenvalue weighted by molar-refractivity contribution is -0.134. The maximum absolute atomic E-state index is 13.3. The second-order valence-corrected chi connectivity index (χ2v) is 11.5. The monoisotopic (exact) mass is 539 g/mol. The first-order chi connectivity index (χ1) is 17.8. The third-order valence-electron chi connectivity index (χ3n) is 6.38. The van der Waals surface area contributed by atoms with Gasteiger partial charge >= 0.3 is 0 Å². The molecule has 5 rings (SSSR count). The second kappa shape index (κ2) is 10.5. The normalized spacial score (nSPS) is 18.2. The smallest absolute Gasteiger partial charge is 0.241 e. The van der Waals surface area contributed by atoms with E-state index in [4.69, 9.17) is 16.0 Å². The predicted molar refractivity (Wildman–Crippen MR) is 139 cm³/mol. The van der Waals surface area contributed by atoms with Crippen LogP contribution in [0.1, 0.15) is 23.9 Å². The van der Waals surface area contributed by atoms with Crippen molar-refractivity contribution < 1.29 is 17.6 Å². The zero-order chi connectivity index (χ0) is 26.0. The second-order valence-electron chi connectivity index (χ2n) is 8.99. The number of hydrogen-bond donors (Lipinski definition) is 0. The molecule has 1 saturated heterocycles. The van der Waals surface area contributed by atoms with Crippen LogP contribution in [0.15, 0.2) is 77.5 Å². The highest BCUT2D eigenvalue weighted by molar-refractivity contribution is 7.89. The Morgan fingerprint density at radius 1 is 1.00 bits per heavy atom. The lowest BCUT2D eigenvalue weighted by Crippen LogP contribution is -2.45. The van der Waals surface area contributed by atoms with Crippen molar-refractivity contribution in [2.45, 2.75) is 32.6 Å². The SMILES string of the molecule is CC1C(=O)N(Cc2cn(Cc3ccco3)nn2)CCS(=O)(=O)N1Cc1ccc(-c2ccc(Cl)cc2)cc1. The number of carbonyl (C=O) groups excluding carboxylic acids is 1. The van der Waals surface area contributed by atoms with Crippen molar-refractivity contribution in [3.05, 3.63) is 95.2 Å². The van der Waals surface area contributed by atoms with Crippen LogP contribution in [0.3, 0.4) is 0 Å². The van der Waals surface area contributed by atoms with Crippen molar-refractivity contribution in [3.63, 3.8) is 0 Å². The molecule has 11 heteroatoms. The topological polar surface area (TPSA) is 102 Å². The number of nitrogens with zero attached hydrogens (tertiary/aromatic N) is 5. The van der Waals surface area contributed by atoms with Crippen molar-refractivity contribution in [1.29, 1.82) is 0 Å². The van der Waals surface area contributed by atoms with Crippen molar-refractivity contribution in [1.82, 2.24) is 24.2 Å². The van der Waals surface area contributed by atoms with Crippen molar-refractivity contribution in [2.75, 3.05) is 12.3 Å². The summed E-state index contributed by atoms with van der Waals surface area (Å²) in [7, 11) is -3.66. The van der Waals surface area contributed by atoms with Crippen molar-refractivity contribution in [2.24, 2.45) is 0 Å². The summed E-state index contributed by atoms with van der Waals surface area (Å²) >= 11 is 5.98. The first-order valence-corrected chi connectivity index (χ1v) is 13.8. The molecule has 2 aromatic carbocycles. The van der Waals surface area contributed by atoms with E-state index in [2.05, 4.69) is 10.3 Å². The van der Waals surface area contributed by atoms with Crippen LogP contribution < -0.4 is 0 Å². The van der Waals surface area contributed by atoms with Gasteiger partial charge in [-0.3, -0.25) is 4.79 Å². The predicted octanol–water partition coefficient (Wildman–Crippen LogP) is 3.80. The number of hydrogen-bond acceptors (Lipinski definition) is 6. The molecule has 0 aliphatic carbocycles. The van der Waals surface area contributed by atoms with Crippen LogP contribution in [-0.4, -0.2) is 56.9 Å². The van der Waals surface area contributed by atoms with Crippen LogP contribution >= 0.6 is 11.6 Å². The van der Waals surface area contributed by atoms with Crippen LogP contribution in [0.5, 0.6) is 0 Å². The van der Waals surface area contributed by atoms with Crippen molar-refractivity contribution >= 4 is 27.5 Å². The molecule has 1 fully saturated rings. The van der Waals surface area contributed by atoms with E-state index in [0.29, 0.717) is 17.3 Å². The van der Waals surface area contributed by atoms with E-state index in [-0.39, 0.29) is 31.3 Å². The number of rotatable bonds is 7. The average Bonchev–Trinajstić information content (AvgIpc) is 3.56. The molecule has 0 spiro atoms. The Hall–Kier alpha value is -3.47. The minimum Gasteiger partial charge on any atom is -0.467 e. The van der Waals surface area contributed by atoms with E-state index < -0.39 is 16.1 Å². The Balaban J connectivity index is 1.28. The molecule has 1 amide bonds. The lowest BCUT2D eigenvalue weighted by Gasteiger charge is -2.26. The molecule has 1 aliphatic rings. The molecule has 3 heterocycles. The molecule has 1 atom stereocenters. The fourth-order valence-corrected chi connectivity index (χ4v) is 6.07. The molecule has 9 nitrogen and oxygen atoms in total. The van der Waals surface area contributed by atoms with Crippen LogP contribution in [0, 0.1) is 0 Å². The highest BCUT2D eigenvalue weighted by Gasteiger charge is 2.38. The van der Waals surface area contributed by atoms with Gasteiger partial charge in [-0.25, -0.2) is 13.1 Å². The van der Waals surface area contributed by atoms with Gasteiger partial charge in [-0.15, -0.1) is 5.10 Å². The molecule has 37 heavy (non-hydrogen) atoms. The minimum atomic E-state index is -3.66. The molecule has 0 saturated carbocycles. The number of sulfonamides is 1. The zero-order valence-corrected chi connectivity index (χ0v) is 21.8. The van der Waals surface area contributed by atoms with Gasteiger partial charge in [0, 0.05) is 18.1 Å². The van der Waals surface area contributed by atoms with Gasteiger partial charge in [0.2, 0.25) is 15.9 Å². The molecule has 1 unspecified atom stereocenters. The minimum absolute atomic E-state index is 0.0859. The fraction of sp³-hybridized carbons (Fsp3) is 0.269. The van der Waals surface area contributed by atoms with E-state index >= 15 is 0 Å². The van der Waals surface area contributed by atoms with Gasteiger partial charge in [-0.05, 0) is 47.9 Å². The summed E-state index contributed by atoms with van der Waals surface area (Å²) in [6.07, 6.45) is 3.32. The number of halogens is 1. The highest BCUT2D eigenvalue weighted by atomic mass is 35.5. The number of furan rings is 1. The third-order valence-corrected chi connectivity index (χ3v) is 8.49. The van der Waals surface area contributed by atoms with E-state index in [1.54, 1.807) is 30.1 Å². The van der Waals surface area contributed by atoms with E-state index in [0.717, 1.165) is 22.5 Å². The van der Waals surface area contributed by atoms with Gasteiger partial charge < -0.3 is 9.32 Å². The maximum Gasteiger partial charge on any atom is 0.241 e. The van der Waals surface area contributed by atoms with Gasteiger partial charge in [0.05, 0.1) is 24.8 Å². The molecule has 0 radical (unpaired) electrons. The molecule has 2 aromatic heterocycles. The summed E-state index contributed by atoms with van der Waals surface area (Å²) in [6.45, 7) is 2.43. The van der Waals surface area contributed by atoms with Crippen LogP contribution in [0.25, 0.3) is 11.1 Å². The highest BCUT2D eigenvalue weighted by Crippen LogP contribution is 2.24. The Labute approximate surface area is 220 Å². The summed E-state index contributed by atoms with van der Waals surface area (Å²) in [5.41, 5.74) is 3.39. The lowest BCUT2D eigenvalue weighted by atomic mass is 10.0. The van der Waals surface area contributed by atoms with Crippen LogP contribution in [0.4, 0.5) is 0 Å². The van der Waals surface area contributed by atoms with E-state index in [1.165, 1.54) is 9.21 Å². The number of carbonyl (C=O) groups is 1. The molecule has 0 bridgehead atoms. The van der Waals surface area contributed by atoms with Gasteiger partial charge in [0.25, 0.3) is 0 Å². The molecule has 4 aromatic rings. The Kier molecular flexibility index (Phi) is 7.14. The van der Waals surface area contributed by atoms with Gasteiger partial charge in [0.15, 0.2) is 0 Å². The Morgan fingerprint density at radius 2 is 1.70 bits per heavy atom. The Bertz CT molecular complexity index is 1470. The quantitative estimate of drug-likeness (QED) is 0.354. The molecule has 192 valence electrons. The molecule has 0 N–H and O–H groups in total. The molecular formula is C26H26ClN5O4S. The summed E-state index contributed by atoms with van der Waals surface area (Å²) in [6, 6.07) is 18.0. The van der Waals surface area contributed by atoms with Gasteiger partial charge in [0.1, 0.15) is 24.0 Å². The summed E-state index contributed by atoms with van der Waals surface area (Å²) in [5.74, 6) is 0.310. The average molecular weight is 540 g/mol. The van der Waals surface area contributed by atoms with Crippen molar-refractivity contribution in [3.8, 4) is 11.1 Å². The van der Waals surface area contributed by atoms with E-state index in [9.17, 15) is 13.2 Å². The zero-order valence-electron chi connectivity index (χ0n) is 20.2. The first-order valence-electron chi connectivity index (χ1n) is 11.8. The van der Waals surface area contributed by atoms with E-state index in [1.807, 2.05) is 54.6 Å². The Morgan fingerprint density at radius 3 is 2.38 bits per heavy atom. The summed E-state index contributed by atoms with van der Waals surface area (Å²) in [4.78, 5) is 14.8. The third kappa shape index (κ3) is 5.76. The standard InChI is InChI=1S/C26H26ClN5O4S/c1-19-26(33)30(16-24-17-31(29-28-24)18-25-3-2-13-36-25)12-14-37(34,35)32(19)15-20-4-6-21(7-5-20)22-8-10-23(27)11-9-22/h2-11,13,17,19H,12,14-16,18H2,1H3. The van der Waals surface area contributed by atoms with Crippen LogP contribution in [0.2, 0.25) is 5.02 Å². The molecular weight excluding hydrogens is 514 g/mol. The van der Waals surface area contributed by atoms with Gasteiger partial charge in [-0.2, -0.15) is 4.31 Å². The molecule has 1 aliphatic heterocycles. The maximum atomic E-state index is 13.3. The van der Waals surface area contributed by atoms with Crippen LogP contribution in [-0.2, 0) is 34.5 Å². The van der Waals surface area contributed by atoms with Gasteiger partial charge in [-0.1, -0.05) is 53.2 Å².